The van der Waals surface area contributed by atoms with Gasteiger partial charge in [-0.2, -0.15) is 0 Å². The highest BCUT2D eigenvalue weighted by Crippen LogP contribution is 2.28. The van der Waals surface area contributed by atoms with Gasteiger partial charge in [-0.25, -0.2) is 0 Å². The number of nitrogens with one attached hydrogen (secondary N) is 1. The first-order valence-electron chi connectivity index (χ1n) is 6.37. The second-order valence-corrected chi connectivity index (χ2v) is 4.81. The fourth-order valence-corrected chi connectivity index (χ4v) is 2.06. The molecule has 18 heavy (non-hydrogen) atoms. The van der Waals surface area contributed by atoms with Crippen LogP contribution in [0.5, 0.6) is 0 Å². The van der Waals surface area contributed by atoms with Gasteiger partial charge in [-0.3, -0.25) is 10.3 Å². The van der Waals surface area contributed by atoms with E-state index in [1.54, 1.807) is 7.11 Å². The topological polar surface area (TPSA) is 62.3 Å². The smallest absolute Gasteiger partial charge is 0.122 e. The van der Waals surface area contributed by atoms with Crippen LogP contribution in [-0.2, 0) is 11.3 Å². The molecule has 0 bridgehead atoms. The van der Waals surface area contributed by atoms with E-state index in [0.717, 1.165) is 31.3 Å². The number of ether oxygens (including phenoxy) is 1. The molecular weight excluding hydrogens is 226 g/mol. The van der Waals surface area contributed by atoms with E-state index in [2.05, 4.69) is 17.0 Å². The van der Waals surface area contributed by atoms with E-state index >= 15 is 0 Å². The normalized spacial score (nSPS) is 15.0. The number of nitrogens with zero attached hydrogens (tertiary/aromatic N) is 1. The second-order valence-electron chi connectivity index (χ2n) is 4.81. The first-order valence-corrected chi connectivity index (χ1v) is 6.37. The van der Waals surface area contributed by atoms with E-state index in [1.165, 1.54) is 18.4 Å². The number of methoxy groups -OCH3 is 1. The lowest BCUT2D eigenvalue weighted by atomic mass is 10.1. The predicted octanol–water partition coefficient (Wildman–Crippen LogP) is 1.58. The van der Waals surface area contributed by atoms with Crippen molar-refractivity contribution in [3.8, 4) is 0 Å². The standard InChI is InChI=1S/C14H21N3O/c1-18-9-8-17(13-6-7-13)10-11-2-4-12(5-3-11)14(15)16/h2-5,13H,6-10H2,1H3,(H3,15,16). The van der Waals surface area contributed by atoms with Gasteiger partial charge >= 0.3 is 0 Å². The van der Waals surface area contributed by atoms with Crippen LogP contribution >= 0.6 is 0 Å². The minimum Gasteiger partial charge on any atom is -0.384 e. The molecule has 1 aromatic carbocycles. The highest BCUT2D eigenvalue weighted by atomic mass is 16.5. The Balaban J connectivity index is 1.95. The zero-order valence-electron chi connectivity index (χ0n) is 10.9. The van der Waals surface area contributed by atoms with Crippen molar-refractivity contribution >= 4 is 5.84 Å². The summed E-state index contributed by atoms with van der Waals surface area (Å²) in [4.78, 5) is 2.46. The minimum atomic E-state index is 0.125. The maximum Gasteiger partial charge on any atom is 0.122 e. The number of hydrogen-bond donors (Lipinski definition) is 2. The number of nitrogen functional groups attached to an aromatic ring is 1. The molecular formula is C14H21N3O. The Labute approximate surface area is 108 Å². The van der Waals surface area contributed by atoms with E-state index in [1.807, 2.05) is 12.1 Å². The number of rotatable bonds is 7. The van der Waals surface area contributed by atoms with Crippen LogP contribution in [0.25, 0.3) is 0 Å². The molecule has 3 N–H and O–H groups in total. The molecule has 1 aliphatic rings. The molecule has 0 aromatic heterocycles. The van der Waals surface area contributed by atoms with Gasteiger partial charge in [0.2, 0.25) is 0 Å². The zero-order valence-corrected chi connectivity index (χ0v) is 10.9. The van der Waals surface area contributed by atoms with Gasteiger partial charge in [0.1, 0.15) is 5.84 Å². The molecule has 4 nitrogen and oxygen atoms in total. The minimum absolute atomic E-state index is 0.125. The average Bonchev–Trinajstić information content (AvgIpc) is 3.19. The monoisotopic (exact) mass is 247 g/mol. The number of nitrogens with two attached hydrogens (primary N) is 1. The van der Waals surface area contributed by atoms with Gasteiger partial charge < -0.3 is 10.5 Å². The SMILES string of the molecule is COCCN(Cc1ccc(C(=N)N)cc1)C1CC1. The van der Waals surface area contributed by atoms with E-state index in [0.29, 0.717) is 0 Å². The molecule has 0 radical (unpaired) electrons. The Kier molecular flexibility index (Phi) is 4.33. The highest BCUT2D eigenvalue weighted by molar-refractivity contribution is 5.94. The Morgan fingerprint density at radius 3 is 2.56 bits per heavy atom. The van der Waals surface area contributed by atoms with Crippen LogP contribution in [0.4, 0.5) is 0 Å². The van der Waals surface area contributed by atoms with Crippen LogP contribution in [-0.4, -0.2) is 37.0 Å². The van der Waals surface area contributed by atoms with E-state index in [-0.39, 0.29) is 5.84 Å². The summed E-state index contributed by atoms with van der Waals surface area (Å²) in [5.74, 6) is 0.125. The Bertz CT molecular complexity index is 398. The average molecular weight is 247 g/mol. The number of hydrogen-bond acceptors (Lipinski definition) is 3. The van der Waals surface area contributed by atoms with Gasteiger partial charge in [0.05, 0.1) is 6.61 Å². The van der Waals surface area contributed by atoms with Crippen molar-refractivity contribution in [1.29, 1.82) is 5.41 Å². The van der Waals surface area contributed by atoms with Crippen molar-refractivity contribution in [3.05, 3.63) is 35.4 Å². The second kappa shape index (κ2) is 5.98. The molecule has 0 heterocycles. The van der Waals surface area contributed by atoms with Crippen molar-refractivity contribution in [1.82, 2.24) is 4.90 Å². The van der Waals surface area contributed by atoms with Gasteiger partial charge in [-0.1, -0.05) is 24.3 Å². The lowest BCUT2D eigenvalue weighted by Crippen LogP contribution is -2.29. The summed E-state index contributed by atoms with van der Waals surface area (Å²) in [6, 6.07) is 8.67. The lowest BCUT2D eigenvalue weighted by Gasteiger charge is -2.21. The Morgan fingerprint density at radius 2 is 2.06 bits per heavy atom. The third-order valence-electron chi connectivity index (χ3n) is 3.30. The summed E-state index contributed by atoms with van der Waals surface area (Å²) in [5, 5.41) is 7.37. The molecule has 0 aliphatic heterocycles. The molecule has 1 aromatic rings. The van der Waals surface area contributed by atoms with Gasteiger partial charge in [-0.05, 0) is 18.4 Å². The summed E-state index contributed by atoms with van der Waals surface area (Å²) in [7, 11) is 1.74. The fourth-order valence-electron chi connectivity index (χ4n) is 2.06. The third-order valence-corrected chi connectivity index (χ3v) is 3.30. The van der Waals surface area contributed by atoms with E-state index in [4.69, 9.17) is 15.9 Å². The maximum absolute atomic E-state index is 7.37. The van der Waals surface area contributed by atoms with Crippen LogP contribution in [0.3, 0.4) is 0 Å². The molecule has 1 aliphatic carbocycles. The van der Waals surface area contributed by atoms with Gasteiger partial charge in [0.25, 0.3) is 0 Å². The van der Waals surface area contributed by atoms with E-state index in [9.17, 15) is 0 Å². The fraction of sp³-hybridized carbons (Fsp3) is 0.500. The summed E-state index contributed by atoms with van der Waals surface area (Å²) in [6.45, 7) is 2.71. The quantitative estimate of drug-likeness (QED) is 0.568. The number of benzene rings is 1. The number of amidine groups is 1. The molecule has 2 rings (SSSR count). The van der Waals surface area contributed by atoms with Gasteiger partial charge in [-0.15, -0.1) is 0 Å². The molecule has 0 unspecified atom stereocenters. The van der Waals surface area contributed by atoms with Crippen LogP contribution in [0.2, 0.25) is 0 Å². The summed E-state index contributed by atoms with van der Waals surface area (Å²) >= 11 is 0. The van der Waals surface area contributed by atoms with Crippen molar-refractivity contribution in [2.75, 3.05) is 20.3 Å². The molecule has 0 amide bonds. The van der Waals surface area contributed by atoms with Gasteiger partial charge in [0.15, 0.2) is 0 Å². The lowest BCUT2D eigenvalue weighted by molar-refractivity contribution is 0.139. The largest absolute Gasteiger partial charge is 0.384 e. The molecule has 1 fully saturated rings. The zero-order chi connectivity index (χ0) is 13.0. The van der Waals surface area contributed by atoms with Crippen LogP contribution in [0.1, 0.15) is 24.0 Å². The Morgan fingerprint density at radius 1 is 1.39 bits per heavy atom. The molecule has 98 valence electrons. The third kappa shape index (κ3) is 3.55. The van der Waals surface area contributed by atoms with Crippen LogP contribution in [0, 0.1) is 5.41 Å². The van der Waals surface area contributed by atoms with Crippen molar-refractivity contribution in [3.63, 3.8) is 0 Å². The Hall–Kier alpha value is -1.39. The molecule has 1 saturated carbocycles. The molecule has 0 saturated heterocycles. The molecule has 4 heteroatoms. The molecule has 0 atom stereocenters. The summed E-state index contributed by atoms with van der Waals surface area (Å²) in [5.41, 5.74) is 7.50. The first kappa shape index (κ1) is 13.1. The molecule has 0 spiro atoms. The summed E-state index contributed by atoms with van der Waals surface area (Å²) < 4.78 is 5.15. The van der Waals surface area contributed by atoms with Crippen LogP contribution in [0.15, 0.2) is 24.3 Å². The van der Waals surface area contributed by atoms with Crippen molar-refractivity contribution in [2.45, 2.75) is 25.4 Å². The van der Waals surface area contributed by atoms with Crippen molar-refractivity contribution in [2.24, 2.45) is 5.73 Å². The highest BCUT2D eigenvalue weighted by Gasteiger charge is 2.28. The van der Waals surface area contributed by atoms with Gasteiger partial charge in [0, 0.05) is 31.8 Å². The van der Waals surface area contributed by atoms with Crippen LogP contribution < -0.4 is 5.73 Å². The maximum atomic E-state index is 7.37. The van der Waals surface area contributed by atoms with Crippen molar-refractivity contribution < 1.29 is 4.74 Å². The summed E-state index contributed by atoms with van der Waals surface area (Å²) in [6.07, 6.45) is 2.60. The first-order chi connectivity index (χ1) is 8.70. The predicted molar refractivity (Wildman–Crippen MR) is 72.8 cm³/mol. The van der Waals surface area contributed by atoms with E-state index < -0.39 is 0 Å².